The van der Waals surface area contributed by atoms with Gasteiger partial charge in [0.2, 0.25) is 0 Å². The Morgan fingerprint density at radius 2 is 2.28 bits per heavy atom. The predicted octanol–water partition coefficient (Wildman–Crippen LogP) is 2.76. The van der Waals surface area contributed by atoms with Gasteiger partial charge in [-0.25, -0.2) is 0 Å². The maximum atomic E-state index is 12.0. The molecule has 0 aliphatic carbocycles. The van der Waals surface area contributed by atoms with Crippen LogP contribution in [-0.2, 0) is 0 Å². The molecule has 1 unspecified atom stereocenters. The lowest BCUT2D eigenvalue weighted by atomic mass is 9.97. The minimum atomic E-state index is 0. The maximum absolute atomic E-state index is 12.0. The molecule has 1 aromatic heterocycles. The van der Waals surface area contributed by atoms with Crippen LogP contribution in [0, 0.1) is 5.92 Å². The van der Waals surface area contributed by atoms with Gasteiger partial charge in [-0.05, 0) is 53.4 Å². The summed E-state index contributed by atoms with van der Waals surface area (Å²) in [6, 6.07) is 4.14. The first-order valence-electron chi connectivity index (χ1n) is 5.99. The number of nitrogens with zero attached hydrogens (tertiary/aromatic N) is 1. The van der Waals surface area contributed by atoms with E-state index in [2.05, 4.69) is 26.1 Å². The molecule has 6 heteroatoms. The second-order valence-electron chi connectivity index (χ2n) is 4.92. The van der Waals surface area contributed by atoms with Crippen LogP contribution in [0.1, 0.15) is 22.5 Å². The highest BCUT2D eigenvalue weighted by atomic mass is 79.9. The normalized spacial score (nSPS) is 29.7. The van der Waals surface area contributed by atoms with E-state index in [9.17, 15) is 4.79 Å². The molecule has 2 fully saturated rings. The second kappa shape index (κ2) is 5.90. The smallest absolute Gasteiger partial charge is 0.261 e. The second-order valence-corrected chi connectivity index (χ2v) is 7.39. The van der Waals surface area contributed by atoms with E-state index in [4.69, 9.17) is 0 Å². The first-order chi connectivity index (χ1) is 8.20. The molecule has 3 atom stereocenters. The van der Waals surface area contributed by atoms with Crippen LogP contribution in [0.2, 0.25) is 0 Å². The molecular weight excluding hydrogens is 336 g/mol. The van der Waals surface area contributed by atoms with Gasteiger partial charge < -0.3 is 10.2 Å². The van der Waals surface area contributed by atoms with Gasteiger partial charge >= 0.3 is 0 Å². The number of rotatable bonds is 2. The average molecular weight is 352 g/mol. The highest BCUT2D eigenvalue weighted by molar-refractivity contribution is 9.11. The Hall–Kier alpha value is -0.100. The highest BCUT2D eigenvalue weighted by Gasteiger charge is 2.33. The van der Waals surface area contributed by atoms with Crippen LogP contribution in [0.3, 0.4) is 0 Å². The number of nitrogens with one attached hydrogen (secondary N) is 1. The summed E-state index contributed by atoms with van der Waals surface area (Å²) < 4.78 is 1.01. The van der Waals surface area contributed by atoms with E-state index in [-0.39, 0.29) is 18.3 Å². The molecule has 2 bridgehead atoms. The molecule has 2 aliphatic heterocycles. The summed E-state index contributed by atoms with van der Waals surface area (Å²) in [6.45, 7) is 3.47. The zero-order valence-electron chi connectivity index (χ0n) is 9.89. The summed E-state index contributed by atoms with van der Waals surface area (Å²) in [7, 11) is 0. The van der Waals surface area contributed by atoms with Crippen LogP contribution in [0.5, 0.6) is 0 Å². The van der Waals surface area contributed by atoms with Gasteiger partial charge in [-0.1, -0.05) is 0 Å². The summed E-state index contributed by atoms with van der Waals surface area (Å²) in [5.41, 5.74) is 0. The molecule has 1 N–H and O–H groups in total. The van der Waals surface area contributed by atoms with E-state index < -0.39 is 0 Å². The minimum Gasteiger partial charge on any atom is -0.347 e. The Kier molecular flexibility index (Phi) is 4.69. The van der Waals surface area contributed by atoms with Crippen molar-refractivity contribution >= 4 is 45.6 Å². The van der Waals surface area contributed by atoms with Crippen molar-refractivity contribution in [3.8, 4) is 0 Å². The quantitative estimate of drug-likeness (QED) is 0.888. The Bertz CT molecular complexity index is 427. The van der Waals surface area contributed by atoms with Gasteiger partial charge in [0.05, 0.1) is 8.66 Å². The number of piperidine rings is 1. The van der Waals surface area contributed by atoms with E-state index in [1.54, 1.807) is 0 Å². The Morgan fingerprint density at radius 3 is 2.94 bits per heavy atom. The van der Waals surface area contributed by atoms with E-state index in [0.717, 1.165) is 27.5 Å². The maximum Gasteiger partial charge on any atom is 0.261 e. The molecule has 3 nitrogen and oxygen atoms in total. The van der Waals surface area contributed by atoms with E-state index in [0.29, 0.717) is 6.04 Å². The summed E-state index contributed by atoms with van der Waals surface area (Å²) in [5.74, 6) is 0.873. The predicted molar refractivity (Wildman–Crippen MR) is 79.7 cm³/mol. The monoisotopic (exact) mass is 350 g/mol. The largest absolute Gasteiger partial charge is 0.347 e. The van der Waals surface area contributed by atoms with Crippen LogP contribution in [0.4, 0.5) is 0 Å². The van der Waals surface area contributed by atoms with Gasteiger partial charge in [0.25, 0.3) is 5.91 Å². The number of carbonyl (C=O) groups is 1. The molecule has 1 amide bonds. The fourth-order valence-corrected chi connectivity index (χ4v) is 4.15. The number of carbonyl (C=O) groups excluding carboxylic acids is 1. The van der Waals surface area contributed by atoms with E-state index >= 15 is 0 Å². The lowest BCUT2D eigenvalue weighted by Gasteiger charge is -2.30. The van der Waals surface area contributed by atoms with Crippen molar-refractivity contribution in [1.29, 1.82) is 0 Å². The highest BCUT2D eigenvalue weighted by Crippen LogP contribution is 2.27. The lowest BCUT2D eigenvalue weighted by molar-refractivity contribution is 0.0913. The first-order valence-corrected chi connectivity index (χ1v) is 7.60. The Labute approximate surface area is 125 Å². The van der Waals surface area contributed by atoms with Crippen molar-refractivity contribution in [2.75, 3.05) is 19.6 Å². The third kappa shape index (κ3) is 3.07. The molecule has 3 rings (SSSR count). The number of hydrogen-bond acceptors (Lipinski definition) is 3. The standard InChI is InChI=1S/C12H15BrN2OS.ClH/c13-11-2-1-10(17-11)12(16)14-9-5-8-3-4-15(6-8)7-9;/h1-2,8-9H,3-7H2,(H,14,16);1H/t8-,9+;/m0./s1. The third-order valence-corrected chi connectivity index (χ3v) is 5.22. The fraction of sp³-hybridized carbons (Fsp3) is 0.583. The zero-order chi connectivity index (χ0) is 11.8. The number of thiophene rings is 1. The van der Waals surface area contributed by atoms with Crippen LogP contribution in [0.15, 0.2) is 15.9 Å². The molecule has 100 valence electrons. The van der Waals surface area contributed by atoms with E-state index in [1.807, 2.05) is 12.1 Å². The number of hydrogen-bond donors (Lipinski definition) is 1. The fourth-order valence-electron chi connectivity index (χ4n) is 2.86. The van der Waals surface area contributed by atoms with Crippen molar-refractivity contribution in [2.45, 2.75) is 18.9 Å². The molecule has 0 aromatic carbocycles. The molecular formula is C12H16BrClN2OS. The van der Waals surface area contributed by atoms with Gasteiger partial charge in [0, 0.05) is 19.1 Å². The van der Waals surface area contributed by atoms with Crippen LogP contribution < -0.4 is 5.32 Å². The summed E-state index contributed by atoms with van der Waals surface area (Å²) >= 11 is 4.88. The van der Waals surface area contributed by atoms with Crippen LogP contribution in [0.25, 0.3) is 0 Å². The van der Waals surface area contributed by atoms with Gasteiger partial charge in [-0.15, -0.1) is 23.7 Å². The minimum absolute atomic E-state index is 0. The van der Waals surface area contributed by atoms with Crippen molar-refractivity contribution in [2.24, 2.45) is 5.92 Å². The average Bonchev–Trinajstić information content (AvgIpc) is 2.85. The number of halogens is 2. The SMILES string of the molecule is Cl.O=C(N[C@@H]1C[C@@H]2CCN(C2)C1)c1ccc(Br)s1. The molecule has 0 saturated carbocycles. The Balaban J connectivity index is 0.00000120. The lowest BCUT2D eigenvalue weighted by Crippen LogP contribution is -2.46. The van der Waals surface area contributed by atoms with Crippen molar-refractivity contribution in [3.05, 3.63) is 20.8 Å². The van der Waals surface area contributed by atoms with Gasteiger partial charge in [-0.3, -0.25) is 4.79 Å². The third-order valence-electron chi connectivity index (χ3n) is 3.60. The topological polar surface area (TPSA) is 32.3 Å². The molecule has 1 aromatic rings. The zero-order valence-corrected chi connectivity index (χ0v) is 13.1. The van der Waals surface area contributed by atoms with Crippen molar-refractivity contribution < 1.29 is 4.79 Å². The van der Waals surface area contributed by atoms with Gasteiger partial charge in [0.1, 0.15) is 0 Å². The van der Waals surface area contributed by atoms with Crippen LogP contribution in [-0.4, -0.2) is 36.5 Å². The van der Waals surface area contributed by atoms with Crippen molar-refractivity contribution in [1.82, 2.24) is 10.2 Å². The molecule has 0 spiro atoms. The molecule has 3 heterocycles. The molecule has 18 heavy (non-hydrogen) atoms. The first kappa shape index (κ1) is 14.3. The summed E-state index contributed by atoms with van der Waals surface area (Å²) in [5, 5.41) is 3.16. The number of amides is 1. The molecule has 0 radical (unpaired) electrons. The Morgan fingerprint density at radius 1 is 1.44 bits per heavy atom. The summed E-state index contributed by atoms with van der Waals surface area (Å²) in [4.78, 5) is 15.3. The van der Waals surface area contributed by atoms with Gasteiger partial charge in [0.15, 0.2) is 0 Å². The number of fused-ring (bicyclic) bond motifs is 2. The summed E-state index contributed by atoms with van der Waals surface area (Å²) in [6.07, 6.45) is 2.45. The van der Waals surface area contributed by atoms with Crippen molar-refractivity contribution in [3.63, 3.8) is 0 Å². The van der Waals surface area contributed by atoms with E-state index in [1.165, 1.54) is 30.8 Å². The molecule has 2 aliphatic rings. The molecule has 2 saturated heterocycles. The van der Waals surface area contributed by atoms with Crippen LogP contribution >= 0.6 is 39.7 Å². The van der Waals surface area contributed by atoms with Gasteiger partial charge in [-0.2, -0.15) is 0 Å².